The summed E-state index contributed by atoms with van der Waals surface area (Å²) in [6.07, 6.45) is 5.31. The molecular formula is C27H29FN6O3S. The van der Waals surface area contributed by atoms with Gasteiger partial charge in [-0.2, -0.15) is 0 Å². The first kappa shape index (κ1) is 25.7. The van der Waals surface area contributed by atoms with Crippen molar-refractivity contribution in [1.29, 1.82) is 0 Å². The molecule has 0 atom stereocenters. The van der Waals surface area contributed by atoms with Crippen LogP contribution in [0.3, 0.4) is 0 Å². The lowest BCUT2D eigenvalue weighted by Gasteiger charge is -2.11. The number of hydrogen-bond acceptors (Lipinski definition) is 5. The number of nitrogens with zero attached hydrogens (tertiary/aromatic N) is 5. The summed E-state index contributed by atoms with van der Waals surface area (Å²) in [6.45, 7) is 5.49. The number of aromatic nitrogens is 5. The number of hydrogen-bond donors (Lipinski definition) is 1. The van der Waals surface area contributed by atoms with E-state index in [4.69, 9.17) is 4.98 Å². The fourth-order valence-corrected chi connectivity index (χ4v) is 5.16. The molecule has 38 heavy (non-hydrogen) atoms. The van der Waals surface area contributed by atoms with Gasteiger partial charge in [-0.25, -0.2) is 22.6 Å². The molecule has 1 N–H and O–H groups in total. The average Bonchev–Trinajstić information content (AvgIpc) is 3.32. The molecule has 3 heterocycles. The van der Waals surface area contributed by atoms with Crippen LogP contribution in [0.2, 0.25) is 0 Å². The molecule has 0 aliphatic rings. The van der Waals surface area contributed by atoms with Gasteiger partial charge >= 0.3 is 5.69 Å². The molecule has 5 rings (SSSR count). The molecule has 0 unspecified atom stereocenters. The summed E-state index contributed by atoms with van der Waals surface area (Å²) in [6, 6.07) is 13.3. The van der Waals surface area contributed by atoms with Gasteiger partial charge in [-0.3, -0.25) is 18.8 Å². The summed E-state index contributed by atoms with van der Waals surface area (Å²) in [4.78, 5) is 22.7. The van der Waals surface area contributed by atoms with E-state index in [2.05, 4.69) is 28.1 Å². The number of halogens is 1. The van der Waals surface area contributed by atoms with Crippen LogP contribution in [0.4, 0.5) is 10.1 Å². The van der Waals surface area contributed by atoms with E-state index in [1.54, 1.807) is 57.9 Å². The molecule has 0 saturated heterocycles. The number of fused-ring (bicyclic) bond motifs is 2. The van der Waals surface area contributed by atoms with Crippen molar-refractivity contribution in [1.82, 2.24) is 23.7 Å². The second-order valence-electron chi connectivity index (χ2n) is 9.89. The topological polar surface area (TPSA) is 104 Å². The molecule has 0 spiro atoms. The van der Waals surface area contributed by atoms with Crippen LogP contribution in [-0.4, -0.2) is 38.3 Å². The maximum absolute atomic E-state index is 14.0. The molecule has 9 nitrogen and oxygen atoms in total. The lowest BCUT2D eigenvalue weighted by atomic mass is 10.1. The Morgan fingerprint density at radius 2 is 1.68 bits per heavy atom. The van der Waals surface area contributed by atoms with Gasteiger partial charge in [0.25, 0.3) is 0 Å². The molecule has 11 heteroatoms. The predicted molar refractivity (Wildman–Crippen MR) is 146 cm³/mol. The first-order chi connectivity index (χ1) is 18.1. The van der Waals surface area contributed by atoms with Gasteiger partial charge in [0.2, 0.25) is 10.0 Å². The fraction of sp³-hybridized carbons (Fsp3) is 0.296. The summed E-state index contributed by atoms with van der Waals surface area (Å²) >= 11 is 0. The van der Waals surface area contributed by atoms with Gasteiger partial charge in [0.15, 0.2) is 0 Å². The summed E-state index contributed by atoms with van der Waals surface area (Å²) in [5.41, 5.74) is 3.84. The van der Waals surface area contributed by atoms with Gasteiger partial charge in [0.1, 0.15) is 11.6 Å². The van der Waals surface area contributed by atoms with Gasteiger partial charge < -0.3 is 4.57 Å². The zero-order valence-corrected chi connectivity index (χ0v) is 22.2. The number of aryl methyl sites for hydroxylation is 1. The van der Waals surface area contributed by atoms with Crippen molar-refractivity contribution in [2.45, 2.75) is 39.9 Å². The van der Waals surface area contributed by atoms with E-state index in [0.717, 1.165) is 29.3 Å². The number of nitrogens with one attached hydrogen (secondary N) is 1. The highest BCUT2D eigenvalue weighted by Gasteiger charge is 2.18. The smallest absolute Gasteiger partial charge is 0.326 e. The Balaban J connectivity index is 1.54. The molecule has 0 radical (unpaired) electrons. The second-order valence-corrected chi connectivity index (χ2v) is 11.6. The number of pyridine rings is 1. The molecule has 3 aromatic heterocycles. The monoisotopic (exact) mass is 536 g/mol. The van der Waals surface area contributed by atoms with E-state index in [1.165, 1.54) is 12.1 Å². The zero-order chi connectivity index (χ0) is 27.0. The Kier molecular flexibility index (Phi) is 6.78. The van der Waals surface area contributed by atoms with Gasteiger partial charge in [0.05, 0.1) is 47.6 Å². The molecular weight excluding hydrogens is 507 g/mol. The molecule has 0 bridgehead atoms. The maximum atomic E-state index is 14.0. The van der Waals surface area contributed by atoms with Crippen LogP contribution in [0.1, 0.15) is 31.7 Å². The first-order valence-corrected chi connectivity index (χ1v) is 14.2. The second kappa shape index (κ2) is 10.1. The molecule has 0 aliphatic heterocycles. The normalized spacial score (nSPS) is 12.1. The lowest BCUT2D eigenvalue weighted by Crippen LogP contribution is -2.26. The summed E-state index contributed by atoms with van der Waals surface area (Å²) < 4.78 is 44.8. The largest absolute Gasteiger partial charge is 0.329 e. The van der Waals surface area contributed by atoms with Crippen molar-refractivity contribution in [2.75, 3.05) is 11.0 Å². The molecule has 0 aliphatic carbocycles. The van der Waals surface area contributed by atoms with Crippen molar-refractivity contribution in [3.05, 3.63) is 88.6 Å². The summed E-state index contributed by atoms with van der Waals surface area (Å²) in [5, 5.41) is 0. The van der Waals surface area contributed by atoms with Gasteiger partial charge in [-0.1, -0.05) is 26.0 Å². The average molecular weight is 537 g/mol. The quantitative estimate of drug-likeness (QED) is 0.304. The van der Waals surface area contributed by atoms with Gasteiger partial charge in [0, 0.05) is 24.5 Å². The number of anilines is 1. The minimum atomic E-state index is -3.38. The number of benzene rings is 2. The first-order valence-electron chi connectivity index (χ1n) is 12.3. The molecule has 198 valence electrons. The summed E-state index contributed by atoms with van der Waals surface area (Å²) in [5.74, 6) is 0.786. The predicted octanol–water partition coefficient (Wildman–Crippen LogP) is 4.20. The molecule has 0 amide bonds. The van der Waals surface area contributed by atoms with Crippen molar-refractivity contribution in [3.8, 4) is 0 Å². The van der Waals surface area contributed by atoms with Crippen LogP contribution >= 0.6 is 0 Å². The Bertz CT molecular complexity index is 1790. The van der Waals surface area contributed by atoms with Crippen molar-refractivity contribution >= 4 is 37.8 Å². The minimum absolute atomic E-state index is 0.208. The molecule has 5 aromatic rings. The highest BCUT2D eigenvalue weighted by atomic mass is 32.2. The van der Waals surface area contributed by atoms with Gasteiger partial charge in [-0.15, -0.1) is 0 Å². The lowest BCUT2D eigenvalue weighted by molar-refractivity contribution is 0.507. The Hall–Kier alpha value is -3.99. The third-order valence-corrected chi connectivity index (χ3v) is 7.04. The number of rotatable bonds is 9. The number of imidazole rings is 2. The van der Waals surface area contributed by atoms with E-state index >= 15 is 0 Å². The van der Waals surface area contributed by atoms with Crippen LogP contribution in [0.5, 0.6) is 0 Å². The molecule has 0 saturated carbocycles. The number of sulfonamides is 1. The SMILES string of the molecule is CC(C)CCn1c(Cn2c(=O)n(Cc3ccc(NS(C)(=O)=O)cc3)c3ccncc32)nc2cc(F)ccc21. The van der Waals surface area contributed by atoms with E-state index in [9.17, 15) is 17.6 Å². The van der Waals surface area contributed by atoms with Crippen molar-refractivity contribution in [3.63, 3.8) is 0 Å². The van der Waals surface area contributed by atoms with Crippen LogP contribution < -0.4 is 10.4 Å². The van der Waals surface area contributed by atoms with Crippen LogP contribution in [0, 0.1) is 11.7 Å². The summed E-state index contributed by atoms with van der Waals surface area (Å²) in [7, 11) is -3.38. The fourth-order valence-electron chi connectivity index (χ4n) is 4.60. The Morgan fingerprint density at radius 1 is 0.947 bits per heavy atom. The third kappa shape index (κ3) is 5.33. The Labute approximate surface area is 219 Å². The zero-order valence-electron chi connectivity index (χ0n) is 21.4. The van der Waals surface area contributed by atoms with Crippen LogP contribution in [0.25, 0.3) is 22.1 Å². The van der Waals surface area contributed by atoms with E-state index < -0.39 is 10.0 Å². The van der Waals surface area contributed by atoms with Crippen LogP contribution in [-0.2, 0) is 29.7 Å². The maximum Gasteiger partial charge on any atom is 0.329 e. The van der Waals surface area contributed by atoms with Crippen molar-refractivity contribution < 1.29 is 12.8 Å². The van der Waals surface area contributed by atoms with E-state index in [1.807, 2.05) is 0 Å². The Morgan fingerprint density at radius 3 is 2.39 bits per heavy atom. The van der Waals surface area contributed by atoms with Crippen LogP contribution in [0.15, 0.2) is 65.7 Å². The highest BCUT2D eigenvalue weighted by molar-refractivity contribution is 7.92. The molecule has 2 aromatic carbocycles. The van der Waals surface area contributed by atoms with E-state index in [-0.39, 0.29) is 18.1 Å². The van der Waals surface area contributed by atoms with E-state index in [0.29, 0.717) is 41.6 Å². The minimum Gasteiger partial charge on any atom is -0.326 e. The highest BCUT2D eigenvalue weighted by Crippen LogP contribution is 2.22. The molecule has 0 fully saturated rings. The third-order valence-electron chi connectivity index (χ3n) is 6.44. The van der Waals surface area contributed by atoms with Crippen molar-refractivity contribution in [2.24, 2.45) is 5.92 Å². The van der Waals surface area contributed by atoms with Gasteiger partial charge in [-0.05, 0) is 48.2 Å². The standard InChI is InChI=1S/C27H29FN6O3S/c1-18(2)11-13-32-23-9-6-20(28)14-22(23)30-26(32)17-34-25-15-29-12-10-24(25)33(27(34)35)16-19-4-7-21(8-5-19)31-38(3,36)37/h4-10,12,14-15,18,31H,11,13,16-17H2,1-3H3.